The van der Waals surface area contributed by atoms with E-state index in [4.69, 9.17) is 4.74 Å². The number of carbonyl (C=O) groups excluding carboxylic acids is 1. The molecule has 0 aliphatic carbocycles. The SMILES string of the molecule is CCOC(=O)c1cc(C)nc(C(C)C)n1. The Morgan fingerprint density at radius 2 is 2.13 bits per heavy atom. The molecule has 0 aliphatic heterocycles. The van der Waals surface area contributed by atoms with Crippen molar-refractivity contribution in [1.29, 1.82) is 0 Å². The smallest absolute Gasteiger partial charge is 0.357 e. The Morgan fingerprint density at radius 3 is 2.67 bits per heavy atom. The zero-order valence-electron chi connectivity index (χ0n) is 9.57. The highest BCUT2D eigenvalue weighted by Gasteiger charge is 2.12. The first kappa shape index (κ1) is 11.6. The second-order valence-electron chi connectivity index (χ2n) is 3.63. The van der Waals surface area contributed by atoms with Crippen LogP contribution in [0, 0.1) is 6.92 Å². The second kappa shape index (κ2) is 4.87. The van der Waals surface area contributed by atoms with Gasteiger partial charge < -0.3 is 4.74 Å². The Labute approximate surface area is 89.7 Å². The van der Waals surface area contributed by atoms with Crippen LogP contribution in [0.1, 0.15) is 48.7 Å². The molecule has 0 saturated carbocycles. The van der Waals surface area contributed by atoms with Crippen molar-refractivity contribution in [2.75, 3.05) is 6.61 Å². The average Bonchev–Trinajstić information content (AvgIpc) is 2.17. The Morgan fingerprint density at radius 1 is 1.47 bits per heavy atom. The van der Waals surface area contributed by atoms with Gasteiger partial charge in [-0.15, -0.1) is 0 Å². The minimum absolute atomic E-state index is 0.207. The molecule has 0 atom stereocenters. The van der Waals surface area contributed by atoms with Crippen LogP contribution >= 0.6 is 0 Å². The van der Waals surface area contributed by atoms with E-state index in [1.807, 2.05) is 20.8 Å². The molecular weight excluding hydrogens is 192 g/mol. The lowest BCUT2D eigenvalue weighted by atomic mass is 10.2. The summed E-state index contributed by atoms with van der Waals surface area (Å²) in [7, 11) is 0. The number of hydrogen-bond donors (Lipinski definition) is 0. The summed E-state index contributed by atoms with van der Waals surface area (Å²) in [6.07, 6.45) is 0. The van der Waals surface area contributed by atoms with Gasteiger partial charge in [0.15, 0.2) is 5.69 Å². The van der Waals surface area contributed by atoms with Crippen molar-refractivity contribution < 1.29 is 9.53 Å². The van der Waals surface area contributed by atoms with Crippen molar-refractivity contribution in [2.45, 2.75) is 33.6 Å². The molecule has 0 aromatic carbocycles. The number of nitrogens with zero attached hydrogens (tertiary/aromatic N) is 2. The molecule has 4 nitrogen and oxygen atoms in total. The van der Waals surface area contributed by atoms with Crippen LogP contribution in [0.5, 0.6) is 0 Å². The summed E-state index contributed by atoms with van der Waals surface area (Å²) >= 11 is 0. The molecule has 0 aliphatic rings. The molecule has 0 radical (unpaired) electrons. The third-order valence-corrected chi connectivity index (χ3v) is 1.87. The number of ether oxygens (including phenoxy) is 1. The average molecular weight is 208 g/mol. The largest absolute Gasteiger partial charge is 0.461 e. The van der Waals surface area contributed by atoms with E-state index >= 15 is 0 Å². The number of rotatable bonds is 3. The molecule has 1 heterocycles. The van der Waals surface area contributed by atoms with Crippen LogP contribution < -0.4 is 0 Å². The summed E-state index contributed by atoms with van der Waals surface area (Å²) in [6, 6.07) is 1.64. The minimum Gasteiger partial charge on any atom is -0.461 e. The van der Waals surface area contributed by atoms with E-state index in [1.165, 1.54) is 0 Å². The van der Waals surface area contributed by atoms with Crippen molar-refractivity contribution in [2.24, 2.45) is 0 Å². The van der Waals surface area contributed by atoms with E-state index in [1.54, 1.807) is 13.0 Å². The zero-order valence-corrected chi connectivity index (χ0v) is 9.57. The van der Waals surface area contributed by atoms with Crippen molar-refractivity contribution in [3.8, 4) is 0 Å². The van der Waals surface area contributed by atoms with Crippen LogP contribution in [0.15, 0.2) is 6.07 Å². The molecule has 0 saturated heterocycles. The molecule has 0 unspecified atom stereocenters. The van der Waals surface area contributed by atoms with Gasteiger partial charge in [-0.3, -0.25) is 0 Å². The topological polar surface area (TPSA) is 52.1 Å². The van der Waals surface area contributed by atoms with E-state index < -0.39 is 0 Å². The van der Waals surface area contributed by atoms with Crippen LogP contribution in [-0.4, -0.2) is 22.5 Å². The lowest BCUT2D eigenvalue weighted by molar-refractivity contribution is 0.0518. The maximum atomic E-state index is 11.5. The van der Waals surface area contributed by atoms with Crippen LogP contribution in [0.2, 0.25) is 0 Å². The highest BCUT2D eigenvalue weighted by Crippen LogP contribution is 2.11. The van der Waals surface area contributed by atoms with E-state index in [9.17, 15) is 4.79 Å². The van der Waals surface area contributed by atoms with Crippen molar-refractivity contribution >= 4 is 5.97 Å². The van der Waals surface area contributed by atoms with Crippen molar-refractivity contribution in [1.82, 2.24) is 9.97 Å². The van der Waals surface area contributed by atoms with E-state index in [0.29, 0.717) is 18.1 Å². The summed E-state index contributed by atoms with van der Waals surface area (Å²) in [5.41, 5.74) is 1.13. The van der Waals surface area contributed by atoms with Crippen LogP contribution in [0.4, 0.5) is 0 Å². The predicted molar refractivity (Wildman–Crippen MR) is 56.8 cm³/mol. The van der Waals surface area contributed by atoms with Gasteiger partial charge in [0.25, 0.3) is 0 Å². The number of aromatic nitrogens is 2. The highest BCUT2D eigenvalue weighted by atomic mass is 16.5. The molecule has 4 heteroatoms. The Balaban J connectivity index is 3.03. The molecule has 0 amide bonds. The molecule has 0 bridgehead atoms. The predicted octanol–water partition coefficient (Wildman–Crippen LogP) is 2.09. The number of esters is 1. The lowest BCUT2D eigenvalue weighted by Crippen LogP contribution is -2.11. The fourth-order valence-corrected chi connectivity index (χ4v) is 1.16. The van der Waals surface area contributed by atoms with Crippen LogP contribution in [0.3, 0.4) is 0 Å². The third-order valence-electron chi connectivity index (χ3n) is 1.87. The molecular formula is C11H16N2O2. The first-order chi connectivity index (χ1) is 7.04. The number of aryl methyl sites for hydroxylation is 1. The second-order valence-corrected chi connectivity index (χ2v) is 3.63. The Hall–Kier alpha value is -1.45. The van der Waals surface area contributed by atoms with Gasteiger partial charge in [0.1, 0.15) is 5.82 Å². The molecule has 0 N–H and O–H groups in total. The fraction of sp³-hybridized carbons (Fsp3) is 0.545. The number of carbonyl (C=O) groups is 1. The molecule has 1 aromatic rings. The van der Waals surface area contributed by atoms with E-state index in [-0.39, 0.29) is 11.9 Å². The molecule has 0 fully saturated rings. The van der Waals surface area contributed by atoms with E-state index in [2.05, 4.69) is 9.97 Å². The van der Waals surface area contributed by atoms with Gasteiger partial charge in [0.2, 0.25) is 0 Å². The minimum atomic E-state index is -0.384. The standard InChI is InChI=1S/C11H16N2O2/c1-5-15-11(14)9-6-8(4)12-10(13-9)7(2)3/h6-7H,5H2,1-4H3. The Bertz CT molecular complexity index is 362. The van der Waals surface area contributed by atoms with Gasteiger partial charge in [-0.25, -0.2) is 14.8 Å². The molecule has 82 valence electrons. The Kier molecular flexibility index (Phi) is 3.77. The summed E-state index contributed by atoms with van der Waals surface area (Å²) in [6.45, 7) is 7.96. The van der Waals surface area contributed by atoms with Crippen LogP contribution in [0.25, 0.3) is 0 Å². The molecule has 1 rings (SSSR count). The van der Waals surface area contributed by atoms with Gasteiger partial charge in [0, 0.05) is 11.6 Å². The van der Waals surface area contributed by atoms with Crippen molar-refractivity contribution in [3.63, 3.8) is 0 Å². The van der Waals surface area contributed by atoms with Crippen molar-refractivity contribution in [3.05, 3.63) is 23.3 Å². The monoisotopic (exact) mass is 208 g/mol. The quantitative estimate of drug-likeness (QED) is 0.714. The lowest BCUT2D eigenvalue weighted by Gasteiger charge is -2.07. The maximum absolute atomic E-state index is 11.5. The van der Waals surface area contributed by atoms with Gasteiger partial charge in [0.05, 0.1) is 6.61 Å². The van der Waals surface area contributed by atoms with Gasteiger partial charge in [-0.1, -0.05) is 13.8 Å². The summed E-state index contributed by atoms with van der Waals surface area (Å²) in [4.78, 5) is 19.9. The van der Waals surface area contributed by atoms with E-state index in [0.717, 1.165) is 5.69 Å². The summed E-state index contributed by atoms with van der Waals surface area (Å²) < 4.78 is 4.89. The number of hydrogen-bond acceptors (Lipinski definition) is 4. The maximum Gasteiger partial charge on any atom is 0.357 e. The van der Waals surface area contributed by atoms with Gasteiger partial charge in [-0.05, 0) is 19.9 Å². The summed E-state index contributed by atoms with van der Waals surface area (Å²) in [5, 5.41) is 0. The molecule has 0 spiro atoms. The first-order valence-electron chi connectivity index (χ1n) is 5.07. The highest BCUT2D eigenvalue weighted by molar-refractivity contribution is 5.87. The molecule has 1 aromatic heterocycles. The fourth-order valence-electron chi connectivity index (χ4n) is 1.16. The zero-order chi connectivity index (χ0) is 11.4. The normalized spacial score (nSPS) is 10.5. The summed E-state index contributed by atoms with van der Waals surface area (Å²) in [5.74, 6) is 0.501. The first-order valence-corrected chi connectivity index (χ1v) is 5.07. The van der Waals surface area contributed by atoms with Crippen LogP contribution in [-0.2, 0) is 4.74 Å². The van der Waals surface area contributed by atoms with Gasteiger partial charge in [-0.2, -0.15) is 0 Å². The molecule has 15 heavy (non-hydrogen) atoms. The van der Waals surface area contributed by atoms with Gasteiger partial charge >= 0.3 is 5.97 Å². The third kappa shape index (κ3) is 3.01.